The summed E-state index contributed by atoms with van der Waals surface area (Å²) >= 11 is 3.49. The monoisotopic (exact) mass is 323 g/mol. The number of rotatable bonds is 7. The predicted molar refractivity (Wildman–Crippen MR) is 86.5 cm³/mol. The van der Waals surface area contributed by atoms with Gasteiger partial charge in [0.15, 0.2) is 0 Å². The SMILES string of the molecule is BrCCCCCCc1cccc(N2CC[N]CC2)c1. The molecule has 1 radical (unpaired) electrons. The molecule has 1 aromatic rings. The van der Waals surface area contributed by atoms with E-state index in [0.29, 0.717) is 0 Å². The Kier molecular flexibility index (Phi) is 6.72. The Hall–Kier alpha value is -0.540. The Morgan fingerprint density at radius 2 is 1.84 bits per heavy atom. The molecule has 105 valence electrons. The van der Waals surface area contributed by atoms with Crippen molar-refractivity contribution in [2.24, 2.45) is 0 Å². The number of hydrogen-bond donors (Lipinski definition) is 0. The normalized spacial score (nSPS) is 15.7. The maximum absolute atomic E-state index is 4.41. The van der Waals surface area contributed by atoms with Crippen molar-refractivity contribution in [1.29, 1.82) is 0 Å². The number of benzene rings is 1. The molecule has 0 unspecified atom stereocenters. The van der Waals surface area contributed by atoms with Gasteiger partial charge in [-0.2, -0.15) is 0 Å². The minimum atomic E-state index is 0.983. The van der Waals surface area contributed by atoms with Crippen LogP contribution < -0.4 is 10.2 Å². The summed E-state index contributed by atoms with van der Waals surface area (Å²) in [6, 6.07) is 9.08. The molecule has 1 heterocycles. The Morgan fingerprint density at radius 1 is 1.05 bits per heavy atom. The van der Waals surface area contributed by atoms with Crippen LogP contribution in [0.4, 0.5) is 5.69 Å². The average Bonchev–Trinajstić information content (AvgIpc) is 2.48. The number of alkyl halides is 1. The van der Waals surface area contributed by atoms with E-state index in [-0.39, 0.29) is 0 Å². The van der Waals surface area contributed by atoms with Gasteiger partial charge in [-0.25, -0.2) is 5.32 Å². The highest BCUT2D eigenvalue weighted by Crippen LogP contribution is 2.18. The Bertz CT molecular complexity index is 362. The first-order valence-electron chi connectivity index (χ1n) is 7.43. The number of piperazine rings is 1. The van der Waals surface area contributed by atoms with Crippen molar-refractivity contribution < 1.29 is 0 Å². The summed E-state index contributed by atoms with van der Waals surface area (Å²) in [5, 5.41) is 5.55. The van der Waals surface area contributed by atoms with Gasteiger partial charge in [-0.3, -0.25) is 0 Å². The van der Waals surface area contributed by atoms with Crippen LogP contribution in [0.5, 0.6) is 0 Å². The van der Waals surface area contributed by atoms with Crippen LogP contribution in [0.25, 0.3) is 0 Å². The molecular weight excluding hydrogens is 300 g/mol. The van der Waals surface area contributed by atoms with Crippen molar-refractivity contribution in [3.8, 4) is 0 Å². The van der Waals surface area contributed by atoms with Gasteiger partial charge in [0.2, 0.25) is 0 Å². The van der Waals surface area contributed by atoms with Crippen LogP contribution in [0.2, 0.25) is 0 Å². The quantitative estimate of drug-likeness (QED) is 0.553. The van der Waals surface area contributed by atoms with Crippen molar-refractivity contribution in [1.82, 2.24) is 5.32 Å². The summed E-state index contributed by atoms with van der Waals surface area (Å²) in [5.74, 6) is 0. The zero-order valence-corrected chi connectivity index (χ0v) is 13.2. The highest BCUT2D eigenvalue weighted by atomic mass is 79.9. The molecule has 0 bridgehead atoms. The van der Waals surface area contributed by atoms with Crippen molar-refractivity contribution in [2.75, 3.05) is 36.4 Å². The lowest BCUT2D eigenvalue weighted by Crippen LogP contribution is -2.40. The van der Waals surface area contributed by atoms with Gasteiger partial charge >= 0.3 is 0 Å². The van der Waals surface area contributed by atoms with Crippen molar-refractivity contribution in [3.05, 3.63) is 29.8 Å². The molecule has 3 heteroatoms. The molecule has 0 amide bonds. The van der Waals surface area contributed by atoms with E-state index in [4.69, 9.17) is 0 Å². The van der Waals surface area contributed by atoms with Gasteiger partial charge in [-0.1, -0.05) is 40.9 Å². The van der Waals surface area contributed by atoms with Crippen LogP contribution >= 0.6 is 15.9 Å². The maximum Gasteiger partial charge on any atom is 0.0369 e. The van der Waals surface area contributed by atoms with E-state index in [0.717, 1.165) is 31.5 Å². The zero-order valence-electron chi connectivity index (χ0n) is 11.7. The van der Waals surface area contributed by atoms with E-state index >= 15 is 0 Å². The van der Waals surface area contributed by atoms with Crippen LogP contribution in [-0.2, 0) is 6.42 Å². The van der Waals surface area contributed by atoms with Crippen molar-refractivity contribution >= 4 is 21.6 Å². The van der Waals surface area contributed by atoms with Gasteiger partial charge in [-0.15, -0.1) is 0 Å². The number of halogens is 1. The van der Waals surface area contributed by atoms with E-state index in [1.54, 1.807) is 0 Å². The highest BCUT2D eigenvalue weighted by molar-refractivity contribution is 9.09. The van der Waals surface area contributed by atoms with Crippen LogP contribution in [0, 0.1) is 0 Å². The van der Waals surface area contributed by atoms with Gasteiger partial charge in [0.05, 0.1) is 0 Å². The molecule has 0 atom stereocenters. The van der Waals surface area contributed by atoms with Gasteiger partial charge in [0, 0.05) is 37.2 Å². The fourth-order valence-corrected chi connectivity index (χ4v) is 2.95. The summed E-state index contributed by atoms with van der Waals surface area (Å²) in [5.41, 5.74) is 2.87. The molecule has 0 N–H and O–H groups in total. The summed E-state index contributed by atoms with van der Waals surface area (Å²) in [4.78, 5) is 2.46. The highest BCUT2D eigenvalue weighted by Gasteiger charge is 2.10. The van der Waals surface area contributed by atoms with E-state index in [2.05, 4.69) is 50.4 Å². The second kappa shape index (κ2) is 8.60. The van der Waals surface area contributed by atoms with Gasteiger partial charge in [0.25, 0.3) is 0 Å². The Morgan fingerprint density at radius 3 is 2.63 bits per heavy atom. The second-order valence-corrected chi connectivity index (χ2v) is 5.97. The number of anilines is 1. The predicted octanol–water partition coefficient (Wildman–Crippen LogP) is 3.61. The molecule has 0 spiro atoms. The largest absolute Gasteiger partial charge is 0.369 e. The summed E-state index contributed by atoms with van der Waals surface area (Å²) in [6.45, 7) is 4.12. The molecule has 2 nitrogen and oxygen atoms in total. The van der Waals surface area contributed by atoms with Crippen molar-refractivity contribution in [3.63, 3.8) is 0 Å². The summed E-state index contributed by atoms with van der Waals surface area (Å²) < 4.78 is 0. The standard InChI is InChI=1S/C16H24BrN2/c17-9-4-2-1-3-6-15-7-5-8-16(14-15)19-12-10-18-11-13-19/h5,7-8,14H,1-4,6,9-13H2. The fourth-order valence-electron chi connectivity index (χ4n) is 2.55. The molecule has 1 fully saturated rings. The number of nitrogens with zero attached hydrogens (tertiary/aromatic N) is 2. The lowest BCUT2D eigenvalue weighted by molar-refractivity contribution is 0.579. The van der Waals surface area contributed by atoms with E-state index < -0.39 is 0 Å². The van der Waals surface area contributed by atoms with E-state index in [1.165, 1.54) is 43.4 Å². The molecule has 0 aliphatic carbocycles. The minimum Gasteiger partial charge on any atom is -0.369 e. The molecule has 1 saturated heterocycles. The molecule has 0 aromatic heterocycles. The topological polar surface area (TPSA) is 17.3 Å². The lowest BCUT2D eigenvalue weighted by atomic mass is 10.1. The minimum absolute atomic E-state index is 0.983. The number of aryl methyl sites for hydroxylation is 1. The summed E-state index contributed by atoms with van der Waals surface area (Å²) in [7, 11) is 0. The first kappa shape index (κ1) is 14.9. The van der Waals surface area contributed by atoms with E-state index in [1.807, 2.05) is 0 Å². The van der Waals surface area contributed by atoms with Gasteiger partial charge in [0.1, 0.15) is 0 Å². The van der Waals surface area contributed by atoms with Crippen LogP contribution in [0.1, 0.15) is 31.2 Å². The fraction of sp³-hybridized carbons (Fsp3) is 0.625. The zero-order chi connectivity index (χ0) is 13.3. The molecule has 19 heavy (non-hydrogen) atoms. The number of hydrogen-bond acceptors (Lipinski definition) is 1. The average molecular weight is 324 g/mol. The smallest absolute Gasteiger partial charge is 0.0369 e. The van der Waals surface area contributed by atoms with E-state index in [9.17, 15) is 0 Å². The van der Waals surface area contributed by atoms with Crippen molar-refractivity contribution in [2.45, 2.75) is 32.1 Å². The Balaban J connectivity index is 1.81. The van der Waals surface area contributed by atoms with Gasteiger partial charge < -0.3 is 4.90 Å². The van der Waals surface area contributed by atoms with Crippen LogP contribution in [-0.4, -0.2) is 31.5 Å². The molecule has 1 aliphatic heterocycles. The molecular formula is C16H24BrN2. The third-order valence-electron chi connectivity index (χ3n) is 3.68. The van der Waals surface area contributed by atoms with Gasteiger partial charge in [-0.05, 0) is 37.0 Å². The second-order valence-electron chi connectivity index (χ2n) is 5.18. The third-order valence-corrected chi connectivity index (χ3v) is 4.24. The first-order chi connectivity index (χ1) is 9.40. The number of unbranched alkanes of at least 4 members (excludes halogenated alkanes) is 3. The molecule has 0 saturated carbocycles. The van der Waals surface area contributed by atoms with Crippen LogP contribution in [0.15, 0.2) is 24.3 Å². The molecule has 2 rings (SSSR count). The Labute approximate surface area is 125 Å². The third kappa shape index (κ3) is 5.15. The van der Waals surface area contributed by atoms with Crippen LogP contribution in [0.3, 0.4) is 0 Å². The summed E-state index contributed by atoms with van der Waals surface area (Å²) in [6.07, 6.45) is 6.52. The molecule has 1 aliphatic rings. The lowest BCUT2D eigenvalue weighted by Gasteiger charge is -2.28. The first-order valence-corrected chi connectivity index (χ1v) is 8.55. The maximum atomic E-state index is 4.41. The molecule has 1 aromatic carbocycles.